The molecule has 1 aromatic rings. The Bertz CT molecular complexity index is 510. The molecule has 1 fully saturated rings. The highest BCUT2D eigenvalue weighted by molar-refractivity contribution is 5.83. The summed E-state index contributed by atoms with van der Waals surface area (Å²) >= 11 is 0. The summed E-state index contributed by atoms with van der Waals surface area (Å²) in [5.41, 5.74) is 0.964. The van der Waals surface area contributed by atoms with Crippen molar-refractivity contribution in [2.75, 3.05) is 38.0 Å². The number of benzene rings is 1. The van der Waals surface area contributed by atoms with Gasteiger partial charge >= 0.3 is 0 Å². The lowest BCUT2D eigenvalue weighted by molar-refractivity contribution is -0.140. The lowest BCUT2D eigenvalue weighted by Crippen LogP contribution is -2.55. The Labute approximate surface area is 125 Å². The summed E-state index contributed by atoms with van der Waals surface area (Å²) < 4.78 is 5.85. The van der Waals surface area contributed by atoms with Gasteiger partial charge in [-0.1, -0.05) is 12.1 Å². The van der Waals surface area contributed by atoms with E-state index in [1.807, 2.05) is 29.2 Å². The van der Waals surface area contributed by atoms with Gasteiger partial charge in [0, 0.05) is 32.2 Å². The third-order valence-corrected chi connectivity index (χ3v) is 4.27. The van der Waals surface area contributed by atoms with E-state index < -0.39 is 6.10 Å². The summed E-state index contributed by atoms with van der Waals surface area (Å²) in [6, 6.07) is 8.30. The molecular formula is C16H23N3O2. The lowest BCUT2D eigenvalue weighted by atomic mass is 10.2. The highest BCUT2D eigenvalue weighted by atomic mass is 16.5. The van der Waals surface area contributed by atoms with E-state index in [1.54, 1.807) is 0 Å². The molecule has 1 atom stereocenters. The Morgan fingerprint density at radius 1 is 1.24 bits per heavy atom. The summed E-state index contributed by atoms with van der Waals surface area (Å²) in [4.78, 5) is 16.9. The number of hydrogen-bond acceptors (Lipinski definition) is 4. The molecule has 0 spiro atoms. The van der Waals surface area contributed by atoms with Crippen molar-refractivity contribution >= 4 is 11.6 Å². The molecule has 1 amide bonds. The zero-order valence-corrected chi connectivity index (χ0v) is 12.7. The molecule has 21 heavy (non-hydrogen) atoms. The van der Waals surface area contributed by atoms with Crippen molar-refractivity contribution < 1.29 is 9.53 Å². The molecule has 2 aliphatic rings. The first kappa shape index (κ1) is 14.2. The van der Waals surface area contributed by atoms with Crippen molar-refractivity contribution in [3.63, 3.8) is 0 Å². The van der Waals surface area contributed by atoms with Crippen molar-refractivity contribution in [3.05, 3.63) is 24.3 Å². The number of rotatable bonds is 2. The van der Waals surface area contributed by atoms with E-state index in [9.17, 15) is 4.79 Å². The Balaban J connectivity index is 1.60. The molecule has 5 heteroatoms. The van der Waals surface area contributed by atoms with Gasteiger partial charge in [-0.25, -0.2) is 0 Å². The maximum absolute atomic E-state index is 12.6. The smallest absolute Gasteiger partial charge is 0.265 e. The fourth-order valence-corrected chi connectivity index (χ4v) is 2.91. The number of para-hydroxylation sites is 2. The van der Waals surface area contributed by atoms with Crippen LogP contribution in [0.1, 0.15) is 13.8 Å². The van der Waals surface area contributed by atoms with E-state index in [4.69, 9.17) is 4.74 Å². The SMILES string of the molecule is CC(C)N1CCN(C(=O)C2CNc3ccccc3O2)CC1. The number of carbonyl (C=O) groups is 1. The highest BCUT2D eigenvalue weighted by Crippen LogP contribution is 2.28. The molecule has 0 radical (unpaired) electrons. The van der Waals surface area contributed by atoms with Crippen LogP contribution in [0.3, 0.4) is 0 Å². The fraction of sp³-hybridized carbons (Fsp3) is 0.562. The highest BCUT2D eigenvalue weighted by Gasteiger charge is 2.31. The molecule has 5 nitrogen and oxygen atoms in total. The third kappa shape index (κ3) is 2.97. The number of carbonyl (C=O) groups excluding carboxylic acids is 1. The minimum absolute atomic E-state index is 0.0976. The van der Waals surface area contributed by atoms with Crippen LogP contribution in [0.4, 0.5) is 5.69 Å². The monoisotopic (exact) mass is 289 g/mol. The maximum Gasteiger partial charge on any atom is 0.265 e. The van der Waals surface area contributed by atoms with Crippen LogP contribution in [0.5, 0.6) is 5.75 Å². The number of nitrogens with one attached hydrogen (secondary N) is 1. The van der Waals surface area contributed by atoms with Crippen molar-refractivity contribution in [1.82, 2.24) is 9.80 Å². The standard InChI is InChI=1S/C16H23N3O2/c1-12(2)18-7-9-19(10-8-18)16(20)15-11-17-13-5-3-4-6-14(13)21-15/h3-6,12,15,17H,7-11H2,1-2H3. The van der Waals surface area contributed by atoms with Crippen LogP contribution in [0, 0.1) is 0 Å². The average molecular weight is 289 g/mol. The molecule has 114 valence electrons. The van der Waals surface area contributed by atoms with Crippen LogP contribution >= 0.6 is 0 Å². The molecule has 0 aliphatic carbocycles. The summed E-state index contributed by atoms with van der Waals surface area (Å²) in [5.74, 6) is 0.864. The van der Waals surface area contributed by atoms with Crippen molar-refractivity contribution in [1.29, 1.82) is 0 Å². The zero-order valence-electron chi connectivity index (χ0n) is 12.7. The Kier molecular flexibility index (Phi) is 4.01. The molecule has 2 aliphatic heterocycles. The van der Waals surface area contributed by atoms with E-state index in [2.05, 4.69) is 24.1 Å². The van der Waals surface area contributed by atoms with Crippen molar-refractivity contribution in [2.24, 2.45) is 0 Å². The van der Waals surface area contributed by atoms with Crippen LogP contribution in [-0.2, 0) is 4.79 Å². The Morgan fingerprint density at radius 2 is 1.95 bits per heavy atom. The van der Waals surface area contributed by atoms with Gasteiger partial charge in [0.2, 0.25) is 0 Å². The van der Waals surface area contributed by atoms with Gasteiger partial charge in [-0.3, -0.25) is 9.69 Å². The maximum atomic E-state index is 12.6. The van der Waals surface area contributed by atoms with Gasteiger partial charge in [-0.05, 0) is 26.0 Å². The van der Waals surface area contributed by atoms with Crippen molar-refractivity contribution in [3.8, 4) is 5.75 Å². The number of anilines is 1. The van der Waals surface area contributed by atoms with E-state index in [0.29, 0.717) is 12.6 Å². The van der Waals surface area contributed by atoms with Crippen LogP contribution in [0.2, 0.25) is 0 Å². The quantitative estimate of drug-likeness (QED) is 0.894. The largest absolute Gasteiger partial charge is 0.477 e. The predicted molar refractivity (Wildman–Crippen MR) is 82.6 cm³/mol. The second-order valence-electron chi connectivity index (χ2n) is 5.94. The molecule has 2 heterocycles. The van der Waals surface area contributed by atoms with Crippen LogP contribution < -0.4 is 10.1 Å². The molecule has 0 aromatic heterocycles. The topological polar surface area (TPSA) is 44.8 Å². The average Bonchev–Trinajstić information content (AvgIpc) is 2.54. The molecule has 1 saturated heterocycles. The zero-order chi connectivity index (χ0) is 14.8. The second-order valence-corrected chi connectivity index (χ2v) is 5.94. The molecular weight excluding hydrogens is 266 g/mol. The van der Waals surface area contributed by atoms with Gasteiger partial charge in [0.25, 0.3) is 5.91 Å². The van der Waals surface area contributed by atoms with Gasteiger partial charge in [0.15, 0.2) is 6.10 Å². The fourth-order valence-electron chi connectivity index (χ4n) is 2.91. The van der Waals surface area contributed by atoms with Gasteiger partial charge in [-0.2, -0.15) is 0 Å². The summed E-state index contributed by atoms with van der Waals surface area (Å²) in [5, 5.41) is 3.28. The molecule has 1 aromatic carbocycles. The Morgan fingerprint density at radius 3 is 2.67 bits per heavy atom. The first-order valence-electron chi connectivity index (χ1n) is 7.67. The molecule has 0 saturated carbocycles. The lowest BCUT2D eigenvalue weighted by Gasteiger charge is -2.38. The first-order valence-corrected chi connectivity index (χ1v) is 7.67. The summed E-state index contributed by atoms with van der Waals surface area (Å²) in [6.07, 6.45) is -0.412. The predicted octanol–water partition coefficient (Wildman–Crippen LogP) is 1.41. The number of fused-ring (bicyclic) bond motifs is 1. The second kappa shape index (κ2) is 5.93. The van der Waals surface area contributed by atoms with Crippen LogP contribution in [0.25, 0.3) is 0 Å². The Hall–Kier alpha value is -1.75. The number of ether oxygens (including phenoxy) is 1. The van der Waals surface area contributed by atoms with Gasteiger partial charge in [-0.15, -0.1) is 0 Å². The normalized spacial score (nSPS) is 22.4. The van der Waals surface area contributed by atoms with Crippen LogP contribution in [-0.4, -0.2) is 60.6 Å². The minimum atomic E-state index is -0.412. The van der Waals surface area contributed by atoms with E-state index in [1.165, 1.54) is 0 Å². The molecule has 1 N–H and O–H groups in total. The number of nitrogens with zero attached hydrogens (tertiary/aromatic N) is 2. The van der Waals surface area contributed by atoms with Gasteiger partial charge in [0.1, 0.15) is 5.75 Å². The number of amides is 1. The summed E-state index contributed by atoms with van der Waals surface area (Å²) in [7, 11) is 0. The number of hydrogen-bond donors (Lipinski definition) is 1. The molecule has 3 rings (SSSR count). The minimum Gasteiger partial charge on any atom is -0.477 e. The third-order valence-electron chi connectivity index (χ3n) is 4.27. The van der Waals surface area contributed by atoms with E-state index in [0.717, 1.165) is 37.6 Å². The number of piperazine rings is 1. The summed E-state index contributed by atoms with van der Waals surface area (Å²) in [6.45, 7) is 8.41. The molecule has 0 bridgehead atoms. The van der Waals surface area contributed by atoms with E-state index >= 15 is 0 Å². The van der Waals surface area contributed by atoms with E-state index in [-0.39, 0.29) is 5.91 Å². The first-order chi connectivity index (χ1) is 10.1. The van der Waals surface area contributed by atoms with Crippen LogP contribution in [0.15, 0.2) is 24.3 Å². The van der Waals surface area contributed by atoms with Crippen molar-refractivity contribution in [2.45, 2.75) is 26.0 Å². The molecule has 1 unspecified atom stereocenters. The van der Waals surface area contributed by atoms with Gasteiger partial charge < -0.3 is 15.0 Å². The van der Waals surface area contributed by atoms with Gasteiger partial charge in [0.05, 0.1) is 12.2 Å².